The Kier molecular flexibility index (Phi) is 45.1. The first-order valence-corrected chi connectivity index (χ1v) is 24.9. The van der Waals surface area contributed by atoms with Crippen LogP contribution in [0.2, 0.25) is 0 Å². The Hall–Kier alpha value is -1.40. The summed E-state index contributed by atoms with van der Waals surface area (Å²) in [5.74, 6) is -0.0918. The fourth-order valence-corrected chi connectivity index (χ4v) is 7.69. The molecule has 0 heterocycles. The molecule has 6 heteroatoms. The summed E-state index contributed by atoms with van der Waals surface area (Å²) in [6.45, 7) is 4.88. The van der Waals surface area contributed by atoms with Gasteiger partial charge in [-0.15, -0.1) is 0 Å². The van der Waals surface area contributed by atoms with E-state index in [4.69, 9.17) is 4.74 Å². The van der Waals surface area contributed by atoms with E-state index in [-0.39, 0.29) is 18.5 Å². The molecule has 0 aromatic heterocycles. The number of carbonyl (C=O) groups is 2. The number of hydrogen-bond acceptors (Lipinski definition) is 5. The molecule has 0 saturated carbocycles. The van der Waals surface area contributed by atoms with Crippen LogP contribution in [0.5, 0.6) is 0 Å². The summed E-state index contributed by atoms with van der Waals surface area (Å²) < 4.78 is 5.44. The van der Waals surface area contributed by atoms with E-state index in [1.54, 1.807) is 0 Å². The van der Waals surface area contributed by atoms with Crippen LogP contribution in [0.25, 0.3) is 0 Å². The van der Waals surface area contributed by atoms with Gasteiger partial charge in [0.15, 0.2) is 0 Å². The second-order valence-corrected chi connectivity index (χ2v) is 17.1. The SMILES string of the molecule is CCCCCCCCCCCCCCCCCC(=O)OCCCC/C=C\CCCCCCCC(=O)NC(CO)C(O)CCCCCCCCCCCCCCC. The van der Waals surface area contributed by atoms with E-state index in [0.717, 1.165) is 77.0 Å². The van der Waals surface area contributed by atoms with E-state index < -0.39 is 12.1 Å². The number of esters is 1. The van der Waals surface area contributed by atoms with Crippen molar-refractivity contribution in [1.82, 2.24) is 5.32 Å². The van der Waals surface area contributed by atoms with Crippen LogP contribution in [0.4, 0.5) is 0 Å². The Morgan fingerprint density at radius 3 is 1.27 bits per heavy atom. The highest BCUT2D eigenvalue weighted by Gasteiger charge is 2.20. The number of hydrogen-bond donors (Lipinski definition) is 3. The number of rotatable bonds is 46. The largest absolute Gasteiger partial charge is 0.466 e. The zero-order chi connectivity index (χ0) is 40.8. The monoisotopic (exact) mass is 792 g/mol. The third-order valence-corrected chi connectivity index (χ3v) is 11.6. The van der Waals surface area contributed by atoms with E-state index in [1.165, 1.54) is 161 Å². The average molecular weight is 792 g/mol. The highest BCUT2D eigenvalue weighted by atomic mass is 16.5. The first kappa shape index (κ1) is 54.6. The lowest BCUT2D eigenvalue weighted by atomic mass is 10.0. The smallest absolute Gasteiger partial charge is 0.305 e. The Bertz CT molecular complexity index is 832. The summed E-state index contributed by atoms with van der Waals surface area (Å²) in [7, 11) is 0. The molecule has 0 aliphatic carbocycles. The van der Waals surface area contributed by atoms with Gasteiger partial charge in [0.2, 0.25) is 5.91 Å². The lowest BCUT2D eigenvalue weighted by Crippen LogP contribution is -2.45. The maximum Gasteiger partial charge on any atom is 0.305 e. The standard InChI is InChI=1S/C50H97NO5/c1-3-5-7-9-11-13-15-17-18-20-24-28-32-36-40-44-50(55)56-45-41-37-33-29-25-21-23-27-31-35-39-43-49(54)51-47(46-52)48(53)42-38-34-30-26-22-19-16-14-12-10-8-6-4-2/h25,29,47-48,52-53H,3-24,26-28,30-46H2,1-2H3,(H,51,54)/b29-25-. The Morgan fingerprint density at radius 2 is 0.839 bits per heavy atom. The fraction of sp³-hybridized carbons (Fsp3) is 0.920. The molecule has 2 atom stereocenters. The molecule has 0 radical (unpaired) electrons. The molecule has 0 spiro atoms. The molecule has 0 aromatic rings. The van der Waals surface area contributed by atoms with Gasteiger partial charge in [-0.05, 0) is 51.4 Å². The number of amides is 1. The predicted molar refractivity (Wildman–Crippen MR) is 241 cm³/mol. The van der Waals surface area contributed by atoms with Gasteiger partial charge in [0.25, 0.3) is 0 Å². The van der Waals surface area contributed by atoms with Gasteiger partial charge in [-0.2, -0.15) is 0 Å². The number of aliphatic hydroxyl groups is 2. The minimum absolute atomic E-state index is 0.0283. The summed E-state index contributed by atoms with van der Waals surface area (Å²) in [5.41, 5.74) is 0. The van der Waals surface area contributed by atoms with Crippen molar-refractivity contribution in [2.75, 3.05) is 13.2 Å². The van der Waals surface area contributed by atoms with Gasteiger partial charge in [-0.3, -0.25) is 9.59 Å². The van der Waals surface area contributed by atoms with E-state index >= 15 is 0 Å². The first-order chi connectivity index (χ1) is 27.5. The van der Waals surface area contributed by atoms with Gasteiger partial charge < -0.3 is 20.3 Å². The Morgan fingerprint density at radius 1 is 0.482 bits per heavy atom. The maximum atomic E-state index is 12.4. The van der Waals surface area contributed by atoms with Gasteiger partial charge in [-0.25, -0.2) is 0 Å². The van der Waals surface area contributed by atoms with Crippen LogP contribution in [0.1, 0.15) is 271 Å². The number of nitrogens with one attached hydrogen (secondary N) is 1. The minimum atomic E-state index is -0.680. The normalized spacial score (nSPS) is 12.7. The summed E-state index contributed by atoms with van der Waals surface area (Å²) in [5, 5.41) is 23.1. The van der Waals surface area contributed by atoms with Crippen molar-refractivity contribution >= 4 is 11.9 Å². The second-order valence-electron chi connectivity index (χ2n) is 17.1. The van der Waals surface area contributed by atoms with Gasteiger partial charge in [0, 0.05) is 12.8 Å². The highest BCUT2D eigenvalue weighted by Crippen LogP contribution is 2.16. The highest BCUT2D eigenvalue weighted by molar-refractivity contribution is 5.76. The lowest BCUT2D eigenvalue weighted by molar-refractivity contribution is -0.143. The van der Waals surface area contributed by atoms with Crippen LogP contribution in [-0.4, -0.2) is 47.4 Å². The van der Waals surface area contributed by atoms with Crippen LogP contribution >= 0.6 is 0 Å². The van der Waals surface area contributed by atoms with Crippen LogP contribution in [-0.2, 0) is 14.3 Å². The Labute approximate surface area is 349 Å². The molecule has 0 rings (SSSR count). The summed E-state index contributed by atoms with van der Waals surface area (Å²) in [6.07, 6.45) is 51.8. The van der Waals surface area contributed by atoms with Crippen molar-refractivity contribution < 1.29 is 24.5 Å². The van der Waals surface area contributed by atoms with E-state index in [1.807, 2.05) is 0 Å². The molecule has 0 aliphatic heterocycles. The molecule has 332 valence electrons. The molecule has 0 aliphatic rings. The molecule has 3 N–H and O–H groups in total. The molecule has 0 bridgehead atoms. The zero-order valence-electron chi connectivity index (χ0n) is 37.6. The third-order valence-electron chi connectivity index (χ3n) is 11.6. The molecule has 0 aromatic carbocycles. The summed E-state index contributed by atoms with van der Waals surface area (Å²) >= 11 is 0. The van der Waals surface area contributed by atoms with E-state index in [9.17, 15) is 19.8 Å². The van der Waals surface area contributed by atoms with Crippen LogP contribution in [0, 0.1) is 0 Å². The maximum absolute atomic E-state index is 12.4. The summed E-state index contributed by atoms with van der Waals surface area (Å²) in [6, 6.07) is -0.560. The minimum Gasteiger partial charge on any atom is -0.466 e. The van der Waals surface area contributed by atoms with Gasteiger partial charge in [0.05, 0.1) is 25.4 Å². The van der Waals surface area contributed by atoms with Crippen molar-refractivity contribution in [2.45, 2.75) is 283 Å². The molecular formula is C50H97NO5. The molecule has 1 amide bonds. The average Bonchev–Trinajstić information content (AvgIpc) is 3.20. The van der Waals surface area contributed by atoms with E-state index in [0.29, 0.717) is 25.9 Å². The van der Waals surface area contributed by atoms with Crippen LogP contribution in [0.3, 0.4) is 0 Å². The Balaban J connectivity index is 3.50. The van der Waals surface area contributed by atoms with Crippen molar-refractivity contribution in [3.05, 3.63) is 12.2 Å². The van der Waals surface area contributed by atoms with Gasteiger partial charge in [-0.1, -0.05) is 219 Å². The number of aliphatic hydroxyl groups excluding tert-OH is 2. The van der Waals surface area contributed by atoms with E-state index in [2.05, 4.69) is 31.3 Å². The van der Waals surface area contributed by atoms with Crippen LogP contribution < -0.4 is 5.32 Å². The van der Waals surface area contributed by atoms with Crippen molar-refractivity contribution in [2.24, 2.45) is 0 Å². The summed E-state index contributed by atoms with van der Waals surface area (Å²) in [4.78, 5) is 24.4. The fourth-order valence-electron chi connectivity index (χ4n) is 7.69. The van der Waals surface area contributed by atoms with Crippen molar-refractivity contribution in [1.29, 1.82) is 0 Å². The number of unbranched alkanes of at least 4 members (excludes halogenated alkanes) is 33. The molecular weight excluding hydrogens is 695 g/mol. The van der Waals surface area contributed by atoms with Gasteiger partial charge >= 0.3 is 5.97 Å². The quantitative estimate of drug-likeness (QED) is 0.0324. The molecule has 0 saturated heterocycles. The molecule has 0 fully saturated rings. The molecule has 2 unspecified atom stereocenters. The third kappa shape index (κ3) is 42.2. The van der Waals surface area contributed by atoms with Crippen molar-refractivity contribution in [3.8, 4) is 0 Å². The first-order valence-electron chi connectivity index (χ1n) is 24.9. The number of ether oxygens (including phenoxy) is 1. The number of carbonyl (C=O) groups excluding carboxylic acids is 2. The van der Waals surface area contributed by atoms with Gasteiger partial charge in [0.1, 0.15) is 0 Å². The zero-order valence-corrected chi connectivity index (χ0v) is 37.6. The topological polar surface area (TPSA) is 95.9 Å². The second kappa shape index (κ2) is 46.3. The molecule has 6 nitrogen and oxygen atoms in total. The molecule has 56 heavy (non-hydrogen) atoms. The number of allylic oxidation sites excluding steroid dienone is 2. The lowest BCUT2D eigenvalue weighted by Gasteiger charge is -2.22. The van der Waals surface area contributed by atoms with Crippen LogP contribution in [0.15, 0.2) is 12.2 Å². The predicted octanol–water partition coefficient (Wildman–Crippen LogP) is 14.6. The van der Waals surface area contributed by atoms with Crippen molar-refractivity contribution in [3.63, 3.8) is 0 Å².